The molecule has 8 fully saturated rings. The lowest BCUT2D eigenvalue weighted by atomic mass is 9.24. The van der Waals surface area contributed by atoms with Crippen molar-refractivity contribution in [2.24, 2.45) is 78.6 Å². The number of aliphatic hydroxyl groups excluding tert-OH is 7. The van der Waals surface area contributed by atoms with Gasteiger partial charge in [-0.2, -0.15) is 0 Å². The van der Waals surface area contributed by atoms with E-state index in [1.807, 2.05) is 14.0 Å². The Morgan fingerprint density at radius 3 is 2.33 bits per heavy atom. The van der Waals surface area contributed by atoms with Gasteiger partial charge in [0.15, 0.2) is 6.29 Å². The van der Waals surface area contributed by atoms with E-state index in [-0.39, 0.29) is 66.1 Å². The van der Waals surface area contributed by atoms with Crippen LogP contribution in [0.15, 0.2) is 24.2 Å². The van der Waals surface area contributed by atoms with E-state index in [2.05, 4.69) is 47.4 Å². The number of carboxylic acid groups (broad SMARTS) is 1. The number of nitrogens with one attached hydrogen (secondary N) is 3. The first-order valence-corrected chi connectivity index (χ1v) is 27.7. The molecular weight excluding hydrogens is 923 g/mol. The minimum Gasteiger partial charge on any atom is -0.481 e. The highest BCUT2D eigenvalue weighted by atomic mass is 16.7. The van der Waals surface area contributed by atoms with Crippen molar-refractivity contribution < 1.29 is 59.9 Å². The van der Waals surface area contributed by atoms with Gasteiger partial charge in [-0.25, -0.2) is 4.98 Å². The number of fused-ring (bicyclic) bond motifs is 3. The Morgan fingerprint density at radius 2 is 1.68 bits per heavy atom. The van der Waals surface area contributed by atoms with E-state index in [0.29, 0.717) is 70.8 Å². The van der Waals surface area contributed by atoms with Crippen LogP contribution >= 0.6 is 0 Å². The normalized spacial score (nSPS) is 48.6. The Kier molecular flexibility index (Phi) is 13.6. The second kappa shape index (κ2) is 18.6. The number of hydrogen-bond donors (Lipinski definition) is 12. The van der Waals surface area contributed by atoms with Crippen LogP contribution in [0, 0.1) is 72.9 Å². The number of aromatic amines is 1. The highest BCUT2D eigenvalue weighted by Gasteiger charge is 2.80. The Bertz CT molecular complexity index is 2210. The van der Waals surface area contributed by atoms with Gasteiger partial charge in [0, 0.05) is 48.3 Å². The molecule has 2 spiro atoms. The number of imidazole rings is 1. The van der Waals surface area contributed by atoms with Crippen LogP contribution in [0.4, 0.5) is 0 Å². The Morgan fingerprint density at radius 1 is 0.944 bits per heavy atom. The number of rotatable bonds is 14. The smallest absolute Gasteiger partial charge is 0.310 e. The van der Waals surface area contributed by atoms with E-state index < -0.39 is 93.5 Å². The topological polar surface area (TPSA) is 293 Å². The lowest BCUT2D eigenvalue weighted by Crippen LogP contribution is -2.77. The first-order chi connectivity index (χ1) is 34.1. The van der Waals surface area contributed by atoms with Crippen molar-refractivity contribution in [3.8, 4) is 0 Å². The molecule has 17 heteroatoms. The molecule has 1 aromatic heterocycles. The van der Waals surface area contributed by atoms with Crippen molar-refractivity contribution in [3.05, 3.63) is 29.9 Å². The average molecular weight is 1010 g/mol. The SMILES string of the molecule is CNC[C@H](C[C@@H](c1cnc[nH]1)[C@@H]1NC(=O)C2(CCCC2)[C@H]1C[C@@H]1[C@@H](O)[C@@H](O[C@@H]2OC[C@@H](O)[C@H](O)[C@H]2O)[C@@](C)(CO)[C@H]2CC[C@@]3(C)[C@@]45CCC[C@@]3(CC=C4[C@@H]3C[C@@](C)(CO)CC[C@]3(C(=O)O)CC5)[C@@]12C)[C@@H](N)O. The molecule has 0 aromatic carbocycles. The number of nitrogens with zero attached hydrogens (tertiary/aromatic N) is 1. The number of aliphatic carboxylic acids is 1. The summed E-state index contributed by atoms with van der Waals surface area (Å²) in [7, 11) is 1.82. The molecular formula is C55H87N5O12. The molecule has 2 aliphatic heterocycles. The zero-order chi connectivity index (χ0) is 51.6. The van der Waals surface area contributed by atoms with Gasteiger partial charge in [-0.05, 0) is 148 Å². The molecule has 2 saturated heterocycles. The van der Waals surface area contributed by atoms with E-state index in [1.165, 1.54) is 5.57 Å². The van der Waals surface area contributed by atoms with Crippen LogP contribution in [0.3, 0.4) is 0 Å². The molecule has 6 saturated carbocycles. The third-order valence-corrected chi connectivity index (χ3v) is 23.7. The summed E-state index contributed by atoms with van der Waals surface area (Å²) in [4.78, 5) is 36.5. The Hall–Kier alpha value is -2.55. The van der Waals surface area contributed by atoms with Crippen molar-refractivity contribution >= 4 is 11.9 Å². The van der Waals surface area contributed by atoms with E-state index in [0.717, 1.165) is 50.6 Å². The van der Waals surface area contributed by atoms with Crippen LogP contribution in [0.25, 0.3) is 0 Å². The van der Waals surface area contributed by atoms with Crippen LogP contribution in [0.1, 0.15) is 148 Å². The summed E-state index contributed by atoms with van der Waals surface area (Å²) in [5.41, 5.74) is 3.24. The number of aliphatic hydroxyl groups is 7. The fourth-order valence-corrected chi connectivity index (χ4v) is 19.8. The maximum Gasteiger partial charge on any atom is 0.310 e. The first kappa shape index (κ1) is 52.9. The summed E-state index contributed by atoms with van der Waals surface area (Å²) in [6.45, 7) is 8.70. The zero-order valence-electron chi connectivity index (χ0n) is 43.4. The molecule has 3 heterocycles. The molecule has 0 unspecified atom stereocenters. The van der Waals surface area contributed by atoms with Gasteiger partial charge in [-0.1, -0.05) is 58.6 Å². The number of nitrogens with two attached hydrogens (primary N) is 1. The molecule has 17 nitrogen and oxygen atoms in total. The number of aromatic nitrogens is 2. The molecule has 2 bridgehead atoms. The second-order valence-electron chi connectivity index (χ2n) is 26.2. The van der Waals surface area contributed by atoms with Gasteiger partial charge in [0.05, 0.1) is 42.6 Å². The number of allylic oxidation sites excluding steroid dienone is 2. The van der Waals surface area contributed by atoms with Gasteiger partial charge in [-0.15, -0.1) is 0 Å². The highest BCUT2D eigenvalue weighted by molar-refractivity contribution is 5.86. The number of H-pyrrole nitrogens is 1. The number of carbonyl (C=O) groups is 2. The van der Waals surface area contributed by atoms with E-state index >= 15 is 4.79 Å². The van der Waals surface area contributed by atoms with E-state index in [4.69, 9.17) is 15.2 Å². The summed E-state index contributed by atoms with van der Waals surface area (Å²) in [5, 5.41) is 98.5. The zero-order valence-corrected chi connectivity index (χ0v) is 43.4. The lowest BCUT2D eigenvalue weighted by molar-refractivity contribution is -0.359. The summed E-state index contributed by atoms with van der Waals surface area (Å²) in [6, 6.07) is -0.452. The van der Waals surface area contributed by atoms with Crippen LogP contribution < -0.4 is 16.4 Å². The largest absolute Gasteiger partial charge is 0.481 e. The number of carbonyl (C=O) groups excluding carboxylic acids is 1. The van der Waals surface area contributed by atoms with Crippen LogP contribution in [0.2, 0.25) is 0 Å². The maximum atomic E-state index is 15.1. The number of ether oxygens (including phenoxy) is 2. The molecule has 7 aliphatic carbocycles. The van der Waals surface area contributed by atoms with Crippen LogP contribution in [0.5, 0.6) is 0 Å². The Balaban J connectivity index is 1.15. The van der Waals surface area contributed by atoms with Gasteiger partial charge in [0.1, 0.15) is 24.5 Å². The van der Waals surface area contributed by atoms with Crippen molar-refractivity contribution in [2.45, 2.75) is 192 Å². The molecule has 21 atom stereocenters. The second-order valence-corrected chi connectivity index (χ2v) is 26.2. The van der Waals surface area contributed by atoms with Crippen molar-refractivity contribution in [2.75, 3.05) is 33.4 Å². The van der Waals surface area contributed by atoms with E-state index in [1.54, 1.807) is 12.5 Å². The Labute approximate surface area is 424 Å². The van der Waals surface area contributed by atoms with Gasteiger partial charge in [-0.3, -0.25) is 9.59 Å². The third kappa shape index (κ3) is 7.20. The fourth-order valence-electron chi connectivity index (χ4n) is 19.8. The van der Waals surface area contributed by atoms with Gasteiger partial charge >= 0.3 is 5.97 Å². The summed E-state index contributed by atoms with van der Waals surface area (Å²) in [6.07, 6.45) is 8.12. The predicted octanol–water partition coefficient (Wildman–Crippen LogP) is 3.45. The molecule has 404 valence electrons. The maximum absolute atomic E-state index is 15.1. The molecule has 9 aliphatic rings. The monoisotopic (exact) mass is 1010 g/mol. The molecule has 10 rings (SSSR count). The number of hydrogen-bond acceptors (Lipinski definition) is 14. The number of amides is 1. The highest BCUT2D eigenvalue weighted by Crippen LogP contribution is 2.85. The van der Waals surface area contributed by atoms with E-state index in [9.17, 15) is 45.6 Å². The average Bonchev–Trinajstić information content (AvgIpc) is 4.13. The lowest BCUT2D eigenvalue weighted by Gasteiger charge is -2.80. The summed E-state index contributed by atoms with van der Waals surface area (Å²) < 4.78 is 12.8. The van der Waals surface area contributed by atoms with Gasteiger partial charge < -0.3 is 71.7 Å². The molecule has 1 amide bonds. The summed E-state index contributed by atoms with van der Waals surface area (Å²) >= 11 is 0. The quantitative estimate of drug-likeness (QED) is 0.0722. The minimum atomic E-state index is -1.64. The minimum absolute atomic E-state index is 0.00333. The molecule has 0 radical (unpaired) electrons. The molecule has 72 heavy (non-hydrogen) atoms. The molecule has 13 N–H and O–H groups in total. The third-order valence-electron chi connectivity index (χ3n) is 23.7. The van der Waals surface area contributed by atoms with Crippen LogP contribution in [-0.4, -0.2) is 145 Å². The number of carboxylic acids is 1. The van der Waals surface area contributed by atoms with Crippen molar-refractivity contribution in [1.82, 2.24) is 20.6 Å². The van der Waals surface area contributed by atoms with Gasteiger partial charge in [0.2, 0.25) is 5.91 Å². The fraction of sp³-hybridized carbons (Fsp3) is 0.873. The first-order valence-electron chi connectivity index (χ1n) is 27.7. The van der Waals surface area contributed by atoms with Gasteiger partial charge in [0.25, 0.3) is 0 Å². The predicted molar refractivity (Wildman–Crippen MR) is 264 cm³/mol. The standard InChI is InChI=1S/C55H87N5O12/c1-48(27-61)17-18-53(47(69)70)19-20-54-13-8-14-55(16-9-32(54)35(53)23-48)50(54,3)15-10-38-49(2,28-62)43(72-45-42(66)41(65)37(63)26-71-45)40(64)34(51(38,55)4)22-33-39(60-46(68)52(33)11-6-7-12-52)31(36-25-58-29-59-36)21-30(24-57-5)44(56)67/h9,25,29-31,33-35,37-45,57,61-67H,6-8,10-24,26-28,56H2,1-5H3,(H,58,59)(H,60,68)(H,69,70)/t30-,31-,33-,34+,35-,37+,38+,39-,40+,41-,42+,43+,44-,45-,48-,49-,50-,51-,53-,54+,55-/m0/s1. The van der Waals surface area contributed by atoms with Crippen LogP contribution in [-0.2, 0) is 19.1 Å². The summed E-state index contributed by atoms with van der Waals surface area (Å²) in [5.74, 6) is -2.86. The van der Waals surface area contributed by atoms with Crippen molar-refractivity contribution in [3.63, 3.8) is 0 Å². The molecule has 1 aromatic rings. The van der Waals surface area contributed by atoms with Crippen molar-refractivity contribution in [1.29, 1.82) is 0 Å².